The SMILES string of the molecule is O=C(CC1CCCCC1)Oc1ccc(/C=C2\SC(=O)NC2=O)cc1Cl. The average Bonchev–Trinajstić information content (AvgIpc) is 2.88. The van der Waals surface area contributed by atoms with E-state index in [2.05, 4.69) is 5.32 Å². The van der Waals surface area contributed by atoms with Crippen LogP contribution in [0.3, 0.4) is 0 Å². The van der Waals surface area contributed by atoms with Gasteiger partial charge in [-0.05, 0) is 54.3 Å². The van der Waals surface area contributed by atoms with Crippen LogP contribution in [0.15, 0.2) is 23.1 Å². The van der Waals surface area contributed by atoms with Crippen LogP contribution in [0.4, 0.5) is 4.79 Å². The highest BCUT2D eigenvalue weighted by Gasteiger charge is 2.25. The first kappa shape index (κ1) is 18.0. The fourth-order valence-electron chi connectivity index (χ4n) is 3.05. The predicted octanol–water partition coefficient (Wildman–Crippen LogP) is 4.54. The topological polar surface area (TPSA) is 72.5 Å². The highest BCUT2D eigenvalue weighted by Crippen LogP contribution is 2.31. The second kappa shape index (κ2) is 8.06. The molecule has 3 rings (SSSR count). The molecule has 25 heavy (non-hydrogen) atoms. The van der Waals surface area contributed by atoms with Crippen molar-refractivity contribution in [2.45, 2.75) is 38.5 Å². The lowest BCUT2D eigenvalue weighted by Gasteiger charge is -2.20. The number of esters is 1. The Bertz CT molecular complexity index is 741. The lowest BCUT2D eigenvalue weighted by atomic mass is 9.87. The van der Waals surface area contributed by atoms with Gasteiger partial charge in [0.25, 0.3) is 11.1 Å². The van der Waals surface area contributed by atoms with E-state index in [1.807, 2.05) is 0 Å². The molecule has 0 atom stereocenters. The summed E-state index contributed by atoms with van der Waals surface area (Å²) in [5.41, 5.74) is 0.657. The molecule has 0 spiro atoms. The number of hydrogen-bond acceptors (Lipinski definition) is 5. The van der Waals surface area contributed by atoms with E-state index in [4.69, 9.17) is 16.3 Å². The van der Waals surface area contributed by atoms with Crippen LogP contribution in [-0.2, 0) is 9.59 Å². The molecule has 0 unspecified atom stereocenters. The number of benzene rings is 1. The third kappa shape index (κ3) is 4.86. The van der Waals surface area contributed by atoms with E-state index in [0.717, 1.165) is 24.6 Å². The molecule has 1 saturated carbocycles. The van der Waals surface area contributed by atoms with Crippen LogP contribution in [0, 0.1) is 5.92 Å². The van der Waals surface area contributed by atoms with Crippen molar-refractivity contribution in [3.05, 3.63) is 33.7 Å². The summed E-state index contributed by atoms with van der Waals surface area (Å²) >= 11 is 7.03. The van der Waals surface area contributed by atoms with Gasteiger partial charge in [-0.1, -0.05) is 36.9 Å². The lowest BCUT2D eigenvalue weighted by Crippen LogP contribution is -2.17. The number of rotatable bonds is 4. The number of amides is 2. The van der Waals surface area contributed by atoms with Crippen molar-refractivity contribution in [2.24, 2.45) is 5.92 Å². The summed E-state index contributed by atoms with van der Waals surface area (Å²) in [6.45, 7) is 0. The van der Waals surface area contributed by atoms with Gasteiger partial charge in [0.05, 0.1) is 9.93 Å². The van der Waals surface area contributed by atoms with E-state index in [1.165, 1.54) is 19.3 Å². The molecule has 7 heteroatoms. The molecule has 1 aromatic rings. The van der Waals surface area contributed by atoms with Crippen LogP contribution >= 0.6 is 23.4 Å². The zero-order valence-electron chi connectivity index (χ0n) is 13.5. The molecule has 1 aliphatic heterocycles. The highest BCUT2D eigenvalue weighted by molar-refractivity contribution is 8.18. The molecular weight excluding hydrogens is 362 g/mol. The van der Waals surface area contributed by atoms with Crippen LogP contribution in [0.5, 0.6) is 5.75 Å². The van der Waals surface area contributed by atoms with Crippen molar-refractivity contribution < 1.29 is 19.1 Å². The minimum absolute atomic E-state index is 0.267. The number of carbonyl (C=O) groups excluding carboxylic acids is 3. The maximum atomic E-state index is 12.1. The normalized spacial score (nSPS) is 20.0. The molecule has 2 fully saturated rings. The molecule has 132 valence electrons. The summed E-state index contributed by atoms with van der Waals surface area (Å²) in [6, 6.07) is 4.90. The van der Waals surface area contributed by atoms with Crippen molar-refractivity contribution in [1.82, 2.24) is 5.32 Å². The van der Waals surface area contributed by atoms with Gasteiger partial charge in [-0.3, -0.25) is 19.7 Å². The summed E-state index contributed by atoms with van der Waals surface area (Å²) < 4.78 is 5.38. The van der Waals surface area contributed by atoms with Crippen LogP contribution < -0.4 is 10.1 Å². The molecule has 1 aliphatic carbocycles. The van der Waals surface area contributed by atoms with Crippen molar-refractivity contribution in [2.75, 3.05) is 0 Å². The largest absolute Gasteiger partial charge is 0.425 e. The van der Waals surface area contributed by atoms with Gasteiger partial charge in [0.1, 0.15) is 5.75 Å². The Balaban J connectivity index is 1.63. The van der Waals surface area contributed by atoms with E-state index < -0.39 is 11.1 Å². The summed E-state index contributed by atoms with van der Waals surface area (Å²) in [4.78, 5) is 35.1. The Morgan fingerprint density at radius 3 is 2.68 bits per heavy atom. The minimum atomic E-state index is -0.422. The van der Waals surface area contributed by atoms with Crippen LogP contribution in [0.25, 0.3) is 6.08 Å². The molecule has 0 radical (unpaired) electrons. The van der Waals surface area contributed by atoms with Crippen molar-refractivity contribution in [3.8, 4) is 5.75 Å². The summed E-state index contributed by atoms with van der Waals surface area (Å²) in [6.07, 6.45) is 7.75. The van der Waals surface area contributed by atoms with Gasteiger partial charge in [-0.25, -0.2) is 0 Å². The summed E-state index contributed by atoms with van der Waals surface area (Å²) in [5, 5.41) is 2.09. The van der Waals surface area contributed by atoms with Gasteiger partial charge in [0.2, 0.25) is 0 Å². The van der Waals surface area contributed by atoms with Crippen molar-refractivity contribution >= 4 is 46.6 Å². The Hall–Kier alpha value is -1.79. The first-order valence-corrected chi connectivity index (χ1v) is 9.46. The summed E-state index contributed by atoms with van der Waals surface area (Å²) in [5.74, 6) is 0.0223. The standard InChI is InChI=1S/C18H18ClNO4S/c19-13-8-12(9-15-17(22)20-18(23)25-15)6-7-14(13)24-16(21)10-11-4-2-1-3-5-11/h6-9,11H,1-5,10H2,(H,20,22,23)/b15-9-. The van der Waals surface area contributed by atoms with Crippen molar-refractivity contribution in [1.29, 1.82) is 0 Å². The fourth-order valence-corrected chi connectivity index (χ4v) is 3.96. The van der Waals surface area contributed by atoms with E-state index in [9.17, 15) is 14.4 Å². The molecule has 2 amide bonds. The van der Waals surface area contributed by atoms with E-state index in [-0.39, 0.29) is 5.97 Å². The first-order chi connectivity index (χ1) is 12.0. The Labute approximate surface area is 155 Å². The Kier molecular flexibility index (Phi) is 5.81. The maximum Gasteiger partial charge on any atom is 0.311 e. The number of thioether (sulfide) groups is 1. The number of hydrogen-bond donors (Lipinski definition) is 1. The number of ether oxygens (including phenoxy) is 1. The third-order valence-corrected chi connectivity index (χ3v) is 5.41. The molecule has 0 aromatic heterocycles. The van der Waals surface area contributed by atoms with Crippen LogP contribution in [0.1, 0.15) is 44.1 Å². The molecule has 5 nitrogen and oxygen atoms in total. The number of imide groups is 1. The predicted molar refractivity (Wildman–Crippen MR) is 97.4 cm³/mol. The monoisotopic (exact) mass is 379 g/mol. The average molecular weight is 380 g/mol. The van der Waals surface area contributed by atoms with Crippen LogP contribution in [0.2, 0.25) is 5.02 Å². The van der Waals surface area contributed by atoms with Gasteiger partial charge in [0.15, 0.2) is 0 Å². The van der Waals surface area contributed by atoms with Gasteiger partial charge in [-0.2, -0.15) is 0 Å². The van der Waals surface area contributed by atoms with E-state index in [1.54, 1.807) is 24.3 Å². The highest BCUT2D eigenvalue weighted by atomic mass is 35.5. The smallest absolute Gasteiger partial charge is 0.311 e. The fraction of sp³-hybridized carbons (Fsp3) is 0.389. The second-order valence-corrected chi connectivity index (χ2v) is 7.65. The molecule has 1 saturated heterocycles. The Morgan fingerprint density at radius 2 is 2.04 bits per heavy atom. The lowest BCUT2D eigenvalue weighted by molar-refractivity contribution is -0.135. The van der Waals surface area contributed by atoms with Gasteiger partial charge in [-0.15, -0.1) is 0 Å². The minimum Gasteiger partial charge on any atom is -0.425 e. The molecule has 0 bridgehead atoms. The Morgan fingerprint density at radius 1 is 1.28 bits per heavy atom. The number of carbonyl (C=O) groups is 3. The molecule has 1 heterocycles. The third-order valence-electron chi connectivity index (χ3n) is 4.30. The van der Waals surface area contributed by atoms with Crippen LogP contribution in [-0.4, -0.2) is 17.1 Å². The zero-order chi connectivity index (χ0) is 17.8. The zero-order valence-corrected chi connectivity index (χ0v) is 15.1. The first-order valence-electron chi connectivity index (χ1n) is 8.26. The van der Waals surface area contributed by atoms with Crippen molar-refractivity contribution in [3.63, 3.8) is 0 Å². The maximum absolute atomic E-state index is 12.1. The molecule has 1 aromatic carbocycles. The number of halogens is 1. The molecule has 1 N–H and O–H groups in total. The molecule has 2 aliphatic rings. The van der Waals surface area contributed by atoms with Gasteiger partial charge in [0, 0.05) is 6.42 Å². The quantitative estimate of drug-likeness (QED) is 0.472. The van der Waals surface area contributed by atoms with E-state index in [0.29, 0.717) is 33.6 Å². The summed E-state index contributed by atoms with van der Waals surface area (Å²) in [7, 11) is 0. The second-order valence-electron chi connectivity index (χ2n) is 6.22. The van der Waals surface area contributed by atoms with Gasteiger partial charge < -0.3 is 4.74 Å². The molecular formula is C18H18ClNO4S. The van der Waals surface area contributed by atoms with E-state index >= 15 is 0 Å². The van der Waals surface area contributed by atoms with Gasteiger partial charge >= 0.3 is 5.97 Å². The number of nitrogens with one attached hydrogen (secondary N) is 1.